The van der Waals surface area contributed by atoms with E-state index in [9.17, 15) is 21.6 Å². The van der Waals surface area contributed by atoms with Crippen molar-refractivity contribution in [1.29, 1.82) is 0 Å². The Hall–Kier alpha value is -3.40. The van der Waals surface area contributed by atoms with Crippen molar-refractivity contribution in [2.45, 2.75) is 11.1 Å². The first-order chi connectivity index (χ1) is 13.7. The summed E-state index contributed by atoms with van der Waals surface area (Å²) in [5.41, 5.74) is 0.784. The Balaban J connectivity index is 1.54. The molecule has 2 aromatic carbocycles. The maximum atomic E-state index is 12.6. The molecule has 0 amide bonds. The summed E-state index contributed by atoms with van der Waals surface area (Å²) in [5.74, 6) is 0.537. The first kappa shape index (κ1) is 18.9. The molecule has 6 nitrogen and oxygen atoms in total. The number of anilines is 1. The van der Waals surface area contributed by atoms with Crippen LogP contribution in [0, 0.1) is 0 Å². The molecule has 0 unspecified atom stereocenters. The van der Waals surface area contributed by atoms with E-state index < -0.39 is 21.8 Å². The lowest BCUT2D eigenvalue weighted by atomic mass is 10.1. The van der Waals surface area contributed by atoms with Crippen molar-refractivity contribution < 1.29 is 21.6 Å². The highest BCUT2D eigenvalue weighted by molar-refractivity contribution is 7.92. The molecule has 0 atom stereocenters. The summed E-state index contributed by atoms with van der Waals surface area (Å²) in [7, 11) is -4.02. The molecule has 0 bridgehead atoms. The van der Waals surface area contributed by atoms with E-state index >= 15 is 0 Å². The second-order valence-corrected chi connectivity index (χ2v) is 7.84. The van der Waals surface area contributed by atoms with E-state index in [2.05, 4.69) is 14.7 Å². The number of hydrogen-bond acceptors (Lipinski definition) is 4. The Bertz CT molecular complexity index is 1230. The lowest BCUT2D eigenvalue weighted by molar-refractivity contribution is -0.137. The van der Waals surface area contributed by atoms with E-state index in [-0.39, 0.29) is 10.6 Å². The zero-order valence-corrected chi connectivity index (χ0v) is 15.4. The van der Waals surface area contributed by atoms with Crippen molar-refractivity contribution in [1.82, 2.24) is 14.4 Å². The monoisotopic (exact) mass is 418 g/mol. The van der Waals surface area contributed by atoms with Gasteiger partial charge in [-0.15, -0.1) is 0 Å². The number of imidazole rings is 1. The predicted octanol–water partition coefficient (Wildman–Crippen LogP) is 4.22. The Kier molecular flexibility index (Phi) is 4.50. The molecule has 0 radical (unpaired) electrons. The van der Waals surface area contributed by atoms with Crippen LogP contribution in [0.4, 0.5) is 18.9 Å². The van der Waals surface area contributed by atoms with E-state index in [1.165, 1.54) is 0 Å². The minimum atomic E-state index is -4.53. The van der Waals surface area contributed by atoms with Crippen molar-refractivity contribution >= 4 is 21.5 Å². The molecule has 1 N–H and O–H groups in total. The van der Waals surface area contributed by atoms with Crippen molar-refractivity contribution in [3.8, 4) is 11.3 Å². The first-order valence-electron chi connectivity index (χ1n) is 8.33. The zero-order chi connectivity index (χ0) is 20.6. The Morgan fingerprint density at radius 1 is 0.966 bits per heavy atom. The van der Waals surface area contributed by atoms with E-state index in [0.29, 0.717) is 11.5 Å². The Morgan fingerprint density at radius 3 is 2.28 bits per heavy atom. The molecule has 0 spiro atoms. The molecule has 0 aliphatic carbocycles. The van der Waals surface area contributed by atoms with Gasteiger partial charge in [0.1, 0.15) is 0 Å². The van der Waals surface area contributed by atoms with Crippen LogP contribution in [0.2, 0.25) is 0 Å². The highest BCUT2D eigenvalue weighted by atomic mass is 32.2. The highest BCUT2D eigenvalue weighted by Gasteiger charge is 2.30. The summed E-state index contributed by atoms with van der Waals surface area (Å²) in [5, 5.41) is 0. The average Bonchev–Trinajstić information content (AvgIpc) is 3.12. The van der Waals surface area contributed by atoms with Gasteiger partial charge >= 0.3 is 6.18 Å². The third-order valence-corrected chi connectivity index (χ3v) is 5.56. The Morgan fingerprint density at radius 2 is 1.66 bits per heavy atom. The fraction of sp³-hybridized carbons (Fsp3) is 0.0526. The molecule has 10 heteroatoms. The van der Waals surface area contributed by atoms with Gasteiger partial charge in [-0.3, -0.25) is 9.12 Å². The summed E-state index contributed by atoms with van der Waals surface area (Å²) >= 11 is 0. The number of halogens is 3. The van der Waals surface area contributed by atoms with Crippen LogP contribution in [0.3, 0.4) is 0 Å². The van der Waals surface area contributed by atoms with Gasteiger partial charge in [0.15, 0.2) is 0 Å². The fourth-order valence-electron chi connectivity index (χ4n) is 2.72. The van der Waals surface area contributed by atoms with E-state index in [1.54, 1.807) is 47.1 Å². The molecule has 4 aromatic rings. The van der Waals surface area contributed by atoms with Crippen LogP contribution >= 0.6 is 0 Å². The number of benzene rings is 2. The third kappa shape index (κ3) is 3.92. The first-order valence-corrected chi connectivity index (χ1v) is 9.81. The molecular formula is C19H13F3N4O2S. The van der Waals surface area contributed by atoms with Gasteiger partial charge in [-0.2, -0.15) is 13.2 Å². The standard InChI is InChI=1S/C19H13F3N4O2S/c20-19(21,22)14-4-8-16(9-5-14)29(27,28)25-15-6-2-13(3-7-15)17-12-26-11-1-10-23-18(26)24-17/h1-12,25H. The van der Waals surface area contributed by atoms with Gasteiger partial charge in [-0.1, -0.05) is 12.1 Å². The maximum Gasteiger partial charge on any atom is 0.416 e. The summed E-state index contributed by atoms with van der Waals surface area (Å²) in [6, 6.07) is 11.6. The number of hydrogen-bond donors (Lipinski definition) is 1. The lowest BCUT2D eigenvalue weighted by Gasteiger charge is -2.10. The molecule has 4 rings (SSSR count). The van der Waals surface area contributed by atoms with Crippen molar-refractivity contribution in [2.75, 3.05) is 4.72 Å². The molecule has 0 fully saturated rings. The smallest absolute Gasteiger partial charge is 0.291 e. The number of rotatable bonds is 4. The topological polar surface area (TPSA) is 76.4 Å². The van der Waals surface area contributed by atoms with E-state index in [4.69, 9.17) is 0 Å². The minimum absolute atomic E-state index is 0.263. The normalized spacial score (nSPS) is 12.2. The van der Waals surface area contributed by atoms with E-state index in [1.807, 2.05) is 6.20 Å². The predicted molar refractivity (Wildman–Crippen MR) is 101 cm³/mol. The van der Waals surface area contributed by atoms with Gasteiger partial charge in [0.05, 0.1) is 16.2 Å². The summed E-state index contributed by atoms with van der Waals surface area (Å²) in [6.45, 7) is 0. The molecule has 0 saturated heterocycles. The van der Waals surface area contributed by atoms with Crippen LogP contribution in [0.25, 0.3) is 17.0 Å². The number of sulfonamides is 1. The summed E-state index contributed by atoms with van der Waals surface area (Å²) in [6.07, 6.45) is 0.708. The van der Waals surface area contributed by atoms with Crippen LogP contribution in [-0.2, 0) is 16.2 Å². The van der Waals surface area contributed by atoms with Crippen LogP contribution in [0.15, 0.2) is 78.1 Å². The molecule has 2 heterocycles. The van der Waals surface area contributed by atoms with Crippen molar-refractivity contribution in [3.05, 3.63) is 78.8 Å². The SMILES string of the molecule is O=S(=O)(Nc1ccc(-c2cn3cccnc3n2)cc1)c1ccc(C(F)(F)F)cc1. The van der Waals surface area contributed by atoms with Gasteiger partial charge in [0.25, 0.3) is 10.0 Å². The molecule has 2 aromatic heterocycles. The quantitative estimate of drug-likeness (QED) is 0.539. The minimum Gasteiger partial charge on any atom is -0.291 e. The average molecular weight is 418 g/mol. The lowest BCUT2D eigenvalue weighted by Crippen LogP contribution is -2.13. The maximum absolute atomic E-state index is 12.6. The van der Waals surface area contributed by atoms with Crippen LogP contribution < -0.4 is 4.72 Å². The second kappa shape index (κ2) is 6.89. The molecule has 0 aliphatic heterocycles. The van der Waals surface area contributed by atoms with Gasteiger partial charge < -0.3 is 0 Å². The van der Waals surface area contributed by atoms with E-state index in [0.717, 1.165) is 29.8 Å². The highest BCUT2D eigenvalue weighted by Crippen LogP contribution is 2.30. The van der Waals surface area contributed by atoms with Gasteiger partial charge in [0.2, 0.25) is 5.78 Å². The van der Waals surface area contributed by atoms with Crippen molar-refractivity contribution in [2.24, 2.45) is 0 Å². The van der Waals surface area contributed by atoms with Gasteiger partial charge in [-0.05, 0) is 42.5 Å². The van der Waals surface area contributed by atoms with Crippen molar-refractivity contribution in [3.63, 3.8) is 0 Å². The Labute approximate surface area is 163 Å². The largest absolute Gasteiger partial charge is 0.416 e. The number of aromatic nitrogens is 3. The number of nitrogens with zero attached hydrogens (tertiary/aromatic N) is 3. The molecule has 0 aliphatic rings. The zero-order valence-electron chi connectivity index (χ0n) is 14.6. The third-order valence-electron chi connectivity index (χ3n) is 4.16. The number of fused-ring (bicyclic) bond motifs is 1. The number of nitrogens with one attached hydrogen (secondary N) is 1. The molecule has 148 valence electrons. The van der Waals surface area contributed by atoms with Crippen LogP contribution in [0.5, 0.6) is 0 Å². The summed E-state index contributed by atoms with van der Waals surface area (Å²) < 4.78 is 66.8. The van der Waals surface area contributed by atoms with Crippen LogP contribution in [-0.4, -0.2) is 22.8 Å². The second-order valence-electron chi connectivity index (χ2n) is 6.16. The van der Waals surface area contributed by atoms with Gasteiger partial charge in [-0.25, -0.2) is 18.4 Å². The number of alkyl halides is 3. The fourth-order valence-corrected chi connectivity index (χ4v) is 3.77. The van der Waals surface area contributed by atoms with Crippen LogP contribution in [0.1, 0.15) is 5.56 Å². The van der Waals surface area contributed by atoms with Gasteiger partial charge in [0, 0.05) is 29.8 Å². The molecular weight excluding hydrogens is 405 g/mol. The summed E-state index contributed by atoms with van der Waals surface area (Å²) in [4.78, 5) is 8.26. The molecule has 0 saturated carbocycles. The molecule has 29 heavy (non-hydrogen) atoms.